The molecule has 0 unspecified atom stereocenters. The lowest BCUT2D eigenvalue weighted by Gasteiger charge is -2.32. The highest BCUT2D eigenvalue weighted by atomic mass is 15.1. The molecular weight excluding hydrogens is 735 g/mol. The maximum Gasteiger partial charge on any atom is 0.0726 e. The quantitative estimate of drug-likeness (QED) is 0.146. The van der Waals surface area contributed by atoms with Gasteiger partial charge >= 0.3 is 0 Å². The van der Waals surface area contributed by atoms with Crippen LogP contribution in [0.5, 0.6) is 0 Å². The summed E-state index contributed by atoms with van der Waals surface area (Å²) in [4.78, 5) is 2.43. The van der Waals surface area contributed by atoms with E-state index in [0.717, 1.165) is 17.1 Å². The van der Waals surface area contributed by atoms with Gasteiger partial charge in [0.15, 0.2) is 0 Å². The van der Waals surface area contributed by atoms with Crippen molar-refractivity contribution in [1.29, 1.82) is 0 Å². The third kappa shape index (κ3) is 6.39. The van der Waals surface area contributed by atoms with Crippen molar-refractivity contribution in [2.75, 3.05) is 4.90 Å². The number of nitrogens with zero attached hydrogens (tertiary/aromatic N) is 1. The van der Waals surface area contributed by atoms with E-state index in [4.69, 9.17) is 0 Å². The van der Waals surface area contributed by atoms with Crippen LogP contribution >= 0.6 is 0 Å². The van der Waals surface area contributed by atoms with Gasteiger partial charge in [-0.15, -0.1) is 0 Å². The smallest absolute Gasteiger partial charge is 0.0726 e. The Morgan fingerprint density at radius 1 is 0.426 bits per heavy atom. The van der Waals surface area contributed by atoms with E-state index in [1.54, 1.807) is 5.57 Å². The molecule has 1 nitrogen and oxygen atoms in total. The molecule has 0 bridgehead atoms. The summed E-state index contributed by atoms with van der Waals surface area (Å²) in [5.74, 6) is 0. The lowest BCUT2D eigenvalue weighted by Crippen LogP contribution is -2.26. The van der Waals surface area contributed by atoms with E-state index in [2.05, 4.69) is 219 Å². The summed E-state index contributed by atoms with van der Waals surface area (Å²) in [5, 5.41) is 0. The van der Waals surface area contributed by atoms with Gasteiger partial charge in [-0.3, -0.25) is 0 Å². The summed E-state index contributed by atoms with van der Waals surface area (Å²) in [7, 11) is 0. The Morgan fingerprint density at radius 3 is 1.43 bits per heavy atom. The monoisotopic (exact) mass is 783 g/mol. The molecule has 8 aromatic carbocycles. The first-order valence-corrected chi connectivity index (χ1v) is 22.0. The Kier molecular flexibility index (Phi) is 9.27. The average molecular weight is 784 g/mol. The first-order valence-electron chi connectivity index (χ1n) is 22.0. The number of rotatable bonds is 7. The van der Waals surface area contributed by atoms with Crippen LogP contribution in [0.3, 0.4) is 0 Å². The summed E-state index contributed by atoms with van der Waals surface area (Å²) in [6.45, 7) is 4.32. The second kappa shape index (κ2) is 15.3. The molecule has 61 heavy (non-hydrogen) atoms. The Morgan fingerprint density at radius 2 is 0.869 bits per heavy atom. The molecule has 0 aliphatic heterocycles. The van der Waals surface area contributed by atoms with Crippen LogP contribution in [0.1, 0.15) is 87.7 Å². The summed E-state index contributed by atoms with van der Waals surface area (Å²) in [5.41, 5.74) is 23.9. The van der Waals surface area contributed by atoms with E-state index in [0.29, 0.717) is 0 Å². The number of hydrogen-bond donors (Lipinski definition) is 0. The first-order chi connectivity index (χ1) is 30.0. The summed E-state index contributed by atoms with van der Waals surface area (Å²) in [6, 6.07) is 70.5. The second-order valence-corrected chi connectivity index (χ2v) is 17.3. The molecule has 0 saturated heterocycles. The van der Waals surface area contributed by atoms with E-state index < -0.39 is 5.41 Å². The standard InChI is InChI=1S/C60H49N/c1-41-20-28-46(29-21-41)55(47-30-24-44(25-31-47)38-43-12-4-3-5-13-43)39-45-26-34-49(35-27-45)61(48-32-22-42(2)23-33-48)50-36-37-54-53-16-8-11-19-58(53)60(59(54)40-50)56-17-9-6-14-51(56)52-15-7-10-18-57(52)60/h6-11,14-40H,3-5,12-13H2,1-2H3/b55-39+. The molecule has 3 aliphatic rings. The molecule has 294 valence electrons. The van der Waals surface area contributed by atoms with E-state index in [-0.39, 0.29) is 0 Å². The van der Waals surface area contributed by atoms with Crippen LogP contribution in [0.25, 0.3) is 40.0 Å². The average Bonchev–Trinajstić information content (AvgIpc) is 3.78. The van der Waals surface area contributed by atoms with E-state index >= 15 is 0 Å². The van der Waals surface area contributed by atoms with Crippen molar-refractivity contribution in [3.8, 4) is 22.3 Å². The number of anilines is 3. The highest BCUT2D eigenvalue weighted by Crippen LogP contribution is 2.63. The molecule has 3 aliphatic carbocycles. The van der Waals surface area contributed by atoms with Crippen LogP contribution in [0.2, 0.25) is 0 Å². The predicted octanol–water partition coefficient (Wildman–Crippen LogP) is 16.1. The van der Waals surface area contributed by atoms with Crippen molar-refractivity contribution in [2.24, 2.45) is 0 Å². The molecule has 0 radical (unpaired) electrons. The summed E-state index contributed by atoms with van der Waals surface area (Å²) >= 11 is 0. The van der Waals surface area contributed by atoms with Gasteiger partial charge < -0.3 is 4.90 Å². The molecule has 11 rings (SSSR count). The van der Waals surface area contributed by atoms with E-state index in [1.807, 2.05) is 0 Å². The first kappa shape index (κ1) is 37.1. The highest BCUT2D eigenvalue weighted by molar-refractivity contribution is 5.97. The van der Waals surface area contributed by atoms with Crippen LogP contribution in [0, 0.1) is 13.8 Å². The largest absolute Gasteiger partial charge is 0.310 e. The van der Waals surface area contributed by atoms with Crippen molar-refractivity contribution in [3.63, 3.8) is 0 Å². The Labute approximate surface area is 361 Å². The molecule has 0 aromatic heterocycles. The number of hydrogen-bond acceptors (Lipinski definition) is 1. The number of benzene rings is 8. The minimum Gasteiger partial charge on any atom is -0.310 e. The molecule has 0 N–H and O–H groups in total. The van der Waals surface area contributed by atoms with Gasteiger partial charge in [0.2, 0.25) is 0 Å². The van der Waals surface area contributed by atoms with Gasteiger partial charge in [-0.1, -0.05) is 181 Å². The maximum absolute atomic E-state index is 2.48. The van der Waals surface area contributed by atoms with Crippen molar-refractivity contribution >= 4 is 34.8 Å². The van der Waals surface area contributed by atoms with Crippen LogP contribution in [0.4, 0.5) is 17.1 Å². The van der Waals surface area contributed by atoms with Gasteiger partial charge in [-0.05, 0) is 154 Å². The lowest BCUT2D eigenvalue weighted by molar-refractivity contribution is 0.602. The molecule has 1 fully saturated rings. The van der Waals surface area contributed by atoms with Crippen molar-refractivity contribution in [3.05, 3.63) is 249 Å². The zero-order valence-corrected chi connectivity index (χ0v) is 35.0. The maximum atomic E-state index is 2.48. The van der Waals surface area contributed by atoms with Crippen LogP contribution in [-0.4, -0.2) is 0 Å². The predicted molar refractivity (Wildman–Crippen MR) is 258 cm³/mol. The fourth-order valence-corrected chi connectivity index (χ4v) is 10.5. The van der Waals surface area contributed by atoms with Crippen LogP contribution < -0.4 is 4.90 Å². The zero-order chi connectivity index (χ0) is 40.9. The Balaban J connectivity index is 1.02. The summed E-state index contributed by atoms with van der Waals surface area (Å²) < 4.78 is 0. The number of aryl methyl sites for hydroxylation is 2. The molecule has 0 atom stereocenters. The fraction of sp³-hybridized carbons (Fsp3) is 0.133. The van der Waals surface area contributed by atoms with Crippen molar-refractivity contribution < 1.29 is 0 Å². The molecule has 0 heterocycles. The fourth-order valence-electron chi connectivity index (χ4n) is 10.5. The minimum absolute atomic E-state index is 0.403. The van der Waals surface area contributed by atoms with Crippen molar-refractivity contribution in [1.82, 2.24) is 0 Å². The molecule has 1 saturated carbocycles. The number of allylic oxidation sites excluding steroid dienone is 1. The molecular formula is C60H49N. The minimum atomic E-state index is -0.403. The molecule has 1 heteroatoms. The molecule has 0 amide bonds. The van der Waals surface area contributed by atoms with E-state index in [9.17, 15) is 0 Å². The normalized spacial score (nSPS) is 14.6. The SMILES string of the molecule is Cc1ccc(/C(=C\c2ccc(N(c3ccc(C)cc3)c3ccc4c(c3)C3(c5ccccc5-c5ccccc53)c3ccccc3-4)cc2)c2ccc(C=C3CCCCC3)cc2)cc1. The van der Waals surface area contributed by atoms with Gasteiger partial charge in [0, 0.05) is 17.1 Å². The van der Waals surface area contributed by atoms with Crippen LogP contribution in [0.15, 0.2) is 194 Å². The summed E-state index contributed by atoms with van der Waals surface area (Å²) in [6.07, 6.45) is 11.2. The molecule has 8 aromatic rings. The second-order valence-electron chi connectivity index (χ2n) is 17.3. The Bertz CT molecular complexity index is 2910. The highest BCUT2D eigenvalue weighted by Gasteiger charge is 2.51. The van der Waals surface area contributed by atoms with Crippen molar-refractivity contribution in [2.45, 2.75) is 51.4 Å². The number of fused-ring (bicyclic) bond motifs is 10. The van der Waals surface area contributed by atoms with Gasteiger partial charge in [0.05, 0.1) is 5.41 Å². The van der Waals surface area contributed by atoms with Crippen LogP contribution in [-0.2, 0) is 5.41 Å². The zero-order valence-electron chi connectivity index (χ0n) is 35.0. The van der Waals surface area contributed by atoms with Gasteiger partial charge in [-0.25, -0.2) is 0 Å². The van der Waals surface area contributed by atoms with Gasteiger partial charge in [0.1, 0.15) is 0 Å². The van der Waals surface area contributed by atoms with Gasteiger partial charge in [0.25, 0.3) is 0 Å². The topological polar surface area (TPSA) is 3.24 Å². The third-order valence-corrected chi connectivity index (χ3v) is 13.4. The molecule has 1 spiro atoms. The third-order valence-electron chi connectivity index (χ3n) is 13.4. The van der Waals surface area contributed by atoms with E-state index in [1.165, 1.54) is 116 Å². The lowest BCUT2D eigenvalue weighted by atomic mass is 9.70. The van der Waals surface area contributed by atoms with Gasteiger partial charge in [-0.2, -0.15) is 0 Å². The Hall–Kier alpha value is -6.96.